The van der Waals surface area contributed by atoms with E-state index in [0.29, 0.717) is 17.9 Å². The lowest BCUT2D eigenvalue weighted by Crippen LogP contribution is -2.25. The van der Waals surface area contributed by atoms with Crippen LogP contribution in [-0.4, -0.2) is 27.4 Å². The van der Waals surface area contributed by atoms with Crippen molar-refractivity contribution >= 4 is 17.7 Å². The Bertz CT molecular complexity index is 872. The first-order valence-corrected chi connectivity index (χ1v) is 9.50. The van der Waals surface area contributed by atoms with Crippen LogP contribution in [0.4, 0.5) is 0 Å². The van der Waals surface area contributed by atoms with Crippen molar-refractivity contribution < 1.29 is 9.32 Å². The second-order valence-corrected chi connectivity index (χ2v) is 7.12. The standard InChI is InChI=1S/C19H22N4O2S/c1-14-10-16(25-22-14)13-26-18-8-4-3-7-17(18)19(24)20-9-5-6-15-11-21-23(2)12-15/h3-4,7-8,10-12H,5-6,9,13H2,1-2H3,(H,20,24). The highest BCUT2D eigenvalue weighted by atomic mass is 32.2. The second kappa shape index (κ2) is 8.71. The van der Waals surface area contributed by atoms with Crippen molar-refractivity contribution in [1.29, 1.82) is 0 Å². The smallest absolute Gasteiger partial charge is 0.252 e. The summed E-state index contributed by atoms with van der Waals surface area (Å²) in [5.41, 5.74) is 2.73. The Kier molecular flexibility index (Phi) is 6.12. The van der Waals surface area contributed by atoms with Crippen LogP contribution in [0.3, 0.4) is 0 Å². The Hall–Kier alpha value is -2.54. The van der Waals surface area contributed by atoms with Crippen LogP contribution in [0.1, 0.15) is 33.8 Å². The van der Waals surface area contributed by atoms with Crippen molar-refractivity contribution in [3.63, 3.8) is 0 Å². The third-order valence-electron chi connectivity index (χ3n) is 3.86. The number of nitrogens with one attached hydrogen (secondary N) is 1. The molecule has 3 rings (SSSR count). The van der Waals surface area contributed by atoms with Gasteiger partial charge in [-0.1, -0.05) is 17.3 Å². The molecule has 0 aliphatic rings. The van der Waals surface area contributed by atoms with Gasteiger partial charge in [0, 0.05) is 30.8 Å². The molecule has 0 radical (unpaired) electrons. The molecule has 0 saturated heterocycles. The topological polar surface area (TPSA) is 73.0 Å². The molecule has 1 amide bonds. The molecule has 0 aliphatic heterocycles. The molecule has 1 aromatic carbocycles. The van der Waals surface area contributed by atoms with Gasteiger partial charge in [-0.25, -0.2) is 0 Å². The van der Waals surface area contributed by atoms with E-state index in [0.717, 1.165) is 29.2 Å². The van der Waals surface area contributed by atoms with Crippen molar-refractivity contribution in [3.05, 3.63) is 65.3 Å². The summed E-state index contributed by atoms with van der Waals surface area (Å²) in [6.45, 7) is 2.53. The fraction of sp³-hybridized carbons (Fsp3) is 0.316. The van der Waals surface area contributed by atoms with Gasteiger partial charge >= 0.3 is 0 Å². The Labute approximate surface area is 157 Å². The highest BCUT2D eigenvalue weighted by Crippen LogP contribution is 2.26. The Morgan fingerprint density at radius 3 is 2.92 bits per heavy atom. The third-order valence-corrected chi connectivity index (χ3v) is 4.96. The number of aryl methyl sites for hydroxylation is 3. The van der Waals surface area contributed by atoms with Crippen molar-refractivity contribution in [2.75, 3.05) is 6.54 Å². The van der Waals surface area contributed by atoms with Crippen LogP contribution < -0.4 is 5.32 Å². The van der Waals surface area contributed by atoms with E-state index in [2.05, 4.69) is 15.6 Å². The first-order chi connectivity index (χ1) is 12.6. The van der Waals surface area contributed by atoms with Crippen molar-refractivity contribution in [2.24, 2.45) is 7.05 Å². The second-order valence-electron chi connectivity index (χ2n) is 6.10. The number of amides is 1. The van der Waals surface area contributed by atoms with Crippen LogP contribution in [0.25, 0.3) is 0 Å². The summed E-state index contributed by atoms with van der Waals surface area (Å²) < 4.78 is 7.02. The number of hydrogen-bond donors (Lipinski definition) is 1. The van der Waals surface area contributed by atoms with E-state index in [-0.39, 0.29) is 5.91 Å². The summed E-state index contributed by atoms with van der Waals surface area (Å²) in [4.78, 5) is 13.5. The molecular formula is C19H22N4O2S. The minimum Gasteiger partial charge on any atom is -0.360 e. The van der Waals surface area contributed by atoms with Gasteiger partial charge in [-0.15, -0.1) is 11.8 Å². The van der Waals surface area contributed by atoms with E-state index >= 15 is 0 Å². The average molecular weight is 370 g/mol. The van der Waals surface area contributed by atoms with Crippen molar-refractivity contribution in [3.8, 4) is 0 Å². The lowest BCUT2D eigenvalue weighted by atomic mass is 10.2. The quantitative estimate of drug-likeness (QED) is 0.486. The van der Waals surface area contributed by atoms with Crippen LogP contribution in [0.2, 0.25) is 0 Å². The fourth-order valence-corrected chi connectivity index (χ4v) is 3.53. The summed E-state index contributed by atoms with van der Waals surface area (Å²) in [6.07, 6.45) is 5.64. The fourth-order valence-electron chi connectivity index (χ4n) is 2.60. The molecule has 3 aromatic rings. The van der Waals surface area contributed by atoms with Crippen LogP contribution in [0, 0.1) is 6.92 Å². The third kappa shape index (κ3) is 4.98. The molecule has 2 heterocycles. The van der Waals surface area contributed by atoms with Gasteiger partial charge in [0.25, 0.3) is 5.91 Å². The number of carbonyl (C=O) groups is 1. The summed E-state index contributed by atoms with van der Waals surface area (Å²) in [5, 5.41) is 11.0. The summed E-state index contributed by atoms with van der Waals surface area (Å²) >= 11 is 1.58. The van der Waals surface area contributed by atoms with Crippen LogP contribution in [0.15, 0.2) is 52.1 Å². The zero-order chi connectivity index (χ0) is 18.4. The molecule has 2 aromatic heterocycles. The van der Waals surface area contributed by atoms with E-state index < -0.39 is 0 Å². The first-order valence-electron chi connectivity index (χ1n) is 8.51. The molecule has 7 heteroatoms. The molecule has 136 valence electrons. The van der Waals surface area contributed by atoms with E-state index in [1.807, 2.05) is 56.7 Å². The molecule has 6 nitrogen and oxygen atoms in total. The van der Waals surface area contributed by atoms with Gasteiger partial charge in [-0.2, -0.15) is 5.10 Å². The predicted molar refractivity (Wildman–Crippen MR) is 101 cm³/mol. The lowest BCUT2D eigenvalue weighted by Gasteiger charge is -2.09. The van der Waals surface area contributed by atoms with Gasteiger partial charge in [0.1, 0.15) is 5.76 Å². The van der Waals surface area contributed by atoms with Gasteiger partial charge in [0.15, 0.2) is 0 Å². The van der Waals surface area contributed by atoms with Crippen LogP contribution in [-0.2, 0) is 19.2 Å². The van der Waals surface area contributed by atoms with Gasteiger partial charge in [-0.05, 0) is 37.5 Å². The lowest BCUT2D eigenvalue weighted by molar-refractivity contribution is 0.0950. The van der Waals surface area contributed by atoms with Crippen molar-refractivity contribution in [1.82, 2.24) is 20.3 Å². The number of nitrogens with zero attached hydrogens (tertiary/aromatic N) is 3. The number of hydrogen-bond acceptors (Lipinski definition) is 5. The van der Waals surface area contributed by atoms with E-state index in [1.165, 1.54) is 5.56 Å². The molecule has 0 unspecified atom stereocenters. The van der Waals surface area contributed by atoms with E-state index in [9.17, 15) is 4.79 Å². The molecule has 1 N–H and O–H groups in total. The molecular weight excluding hydrogens is 348 g/mol. The first kappa shape index (κ1) is 18.3. The minimum atomic E-state index is -0.0481. The van der Waals surface area contributed by atoms with Gasteiger partial charge in [0.05, 0.1) is 23.2 Å². The molecule has 0 saturated carbocycles. The molecule has 26 heavy (non-hydrogen) atoms. The van der Waals surface area contributed by atoms with Crippen LogP contribution >= 0.6 is 11.8 Å². The molecule has 0 fully saturated rings. The number of thioether (sulfide) groups is 1. The normalized spacial score (nSPS) is 10.8. The van der Waals surface area contributed by atoms with Crippen molar-refractivity contribution in [2.45, 2.75) is 30.4 Å². The van der Waals surface area contributed by atoms with E-state index in [4.69, 9.17) is 4.52 Å². The Balaban J connectivity index is 1.51. The Morgan fingerprint density at radius 1 is 1.35 bits per heavy atom. The summed E-state index contributed by atoms with van der Waals surface area (Å²) in [6, 6.07) is 9.54. The zero-order valence-electron chi connectivity index (χ0n) is 14.9. The zero-order valence-corrected chi connectivity index (χ0v) is 15.8. The maximum Gasteiger partial charge on any atom is 0.252 e. The number of rotatable bonds is 8. The highest BCUT2D eigenvalue weighted by molar-refractivity contribution is 7.98. The number of aromatic nitrogens is 3. The van der Waals surface area contributed by atoms with Gasteiger partial charge in [0.2, 0.25) is 0 Å². The van der Waals surface area contributed by atoms with Gasteiger partial charge in [-0.3, -0.25) is 9.48 Å². The largest absolute Gasteiger partial charge is 0.360 e. The minimum absolute atomic E-state index is 0.0481. The SMILES string of the molecule is Cc1cc(CSc2ccccc2C(=O)NCCCc2cnn(C)c2)on1. The van der Waals surface area contributed by atoms with Crippen LogP contribution in [0.5, 0.6) is 0 Å². The molecule has 0 bridgehead atoms. The van der Waals surface area contributed by atoms with E-state index in [1.54, 1.807) is 16.4 Å². The average Bonchev–Trinajstić information content (AvgIpc) is 3.25. The number of benzene rings is 1. The maximum absolute atomic E-state index is 12.5. The molecule has 0 spiro atoms. The summed E-state index contributed by atoms with van der Waals surface area (Å²) in [7, 11) is 1.90. The number of carbonyl (C=O) groups excluding carboxylic acids is 1. The molecule has 0 atom stereocenters. The van der Waals surface area contributed by atoms with Gasteiger partial charge < -0.3 is 9.84 Å². The highest BCUT2D eigenvalue weighted by Gasteiger charge is 2.12. The summed E-state index contributed by atoms with van der Waals surface area (Å²) in [5.74, 6) is 1.40. The molecule has 0 aliphatic carbocycles. The predicted octanol–water partition coefficient (Wildman–Crippen LogP) is 3.37. The maximum atomic E-state index is 12.5. The Morgan fingerprint density at radius 2 is 2.19 bits per heavy atom. The monoisotopic (exact) mass is 370 g/mol.